The molecular weight excluding hydrogens is 636 g/mol. The summed E-state index contributed by atoms with van der Waals surface area (Å²) in [5.41, 5.74) is 5.72. The van der Waals surface area contributed by atoms with E-state index in [2.05, 4.69) is 26.0 Å². The first-order valence-corrected chi connectivity index (χ1v) is 19.1. The van der Waals surface area contributed by atoms with Crippen LogP contribution in [-0.2, 0) is 29.9 Å². The molecule has 0 radical (unpaired) electrons. The third-order valence-electron chi connectivity index (χ3n) is 12.8. The average molecular weight is 681 g/mol. The molecule has 5 nitrogen and oxygen atoms in total. The van der Waals surface area contributed by atoms with Gasteiger partial charge in [0.05, 0.1) is 6.42 Å². The topological polar surface area (TPSA) is 77.5 Å². The van der Waals surface area contributed by atoms with Gasteiger partial charge in [-0.3, -0.25) is 18.6 Å². The lowest BCUT2D eigenvalue weighted by Crippen LogP contribution is -2.53. The fourth-order valence-electron chi connectivity index (χ4n) is 10.2. The Kier molecular flexibility index (Phi) is 8.66. The van der Waals surface area contributed by atoms with Crippen LogP contribution in [0, 0.1) is 34.4 Å². The van der Waals surface area contributed by atoms with Crippen LogP contribution in [-0.4, -0.2) is 34.1 Å². The number of halogens is 1. The Morgan fingerprint density at radius 1 is 1.04 bits per heavy atom. The fraction of sp³-hybridized carbons (Fsp3) is 0.452. The second-order valence-electron chi connectivity index (χ2n) is 15.4. The Morgan fingerprint density at radius 3 is 2.49 bits per heavy atom. The van der Waals surface area contributed by atoms with Gasteiger partial charge in [0.15, 0.2) is 11.6 Å². The summed E-state index contributed by atoms with van der Waals surface area (Å²) in [6, 6.07) is 12.3. The molecule has 49 heavy (non-hydrogen) atoms. The molecule has 8 atom stereocenters. The molecule has 2 aromatic carbocycles. The van der Waals surface area contributed by atoms with Gasteiger partial charge in [0, 0.05) is 39.9 Å². The molecular formula is C42H45FO5S. The van der Waals surface area contributed by atoms with Crippen LogP contribution in [0.3, 0.4) is 0 Å². The fourth-order valence-corrected chi connectivity index (χ4v) is 10.8. The standard InChI is InChI=1S/C42H45FO5S/c1-24-30(12-8-26-6-10-29(11-7-26)49(5)47)31-13-9-27(43)20-33(31)32(24)23-40(46)48-28-16-18-42(4)37-17-19-41(3)35(25(2)44)14-15-36(41)34(37)22-39(45)38(42)21-28/h6-14,20-21,28,30,34,36-37H,15-19,22-23H2,1-5H3/b12-8-/t28-,30?,34-,36-,37-,41+,42+,49?/m0/s1. The van der Waals surface area contributed by atoms with E-state index < -0.39 is 16.9 Å². The highest BCUT2D eigenvalue weighted by Gasteiger charge is 2.59. The molecule has 0 spiro atoms. The molecule has 0 aromatic heterocycles. The summed E-state index contributed by atoms with van der Waals surface area (Å²) >= 11 is 0. The molecule has 5 aliphatic rings. The number of fused-ring (bicyclic) bond motifs is 6. The average Bonchev–Trinajstić information content (AvgIpc) is 3.54. The third kappa shape index (κ3) is 5.76. The number of allylic oxidation sites excluding steroid dienone is 5. The largest absolute Gasteiger partial charge is 0.458 e. The van der Waals surface area contributed by atoms with E-state index >= 15 is 0 Å². The Hall–Kier alpha value is -3.71. The highest BCUT2D eigenvalue weighted by atomic mass is 32.2. The normalized spacial score (nSPS) is 32.5. The second-order valence-corrected chi connectivity index (χ2v) is 16.7. The quantitative estimate of drug-likeness (QED) is 0.274. The van der Waals surface area contributed by atoms with Crippen LogP contribution >= 0.6 is 0 Å². The number of carbonyl (C=O) groups excluding carboxylic acids is 3. The summed E-state index contributed by atoms with van der Waals surface area (Å²) < 4.78 is 32.4. The Labute approximate surface area is 291 Å². The molecule has 2 aromatic rings. The SMILES string of the molecule is CC(=O)C1=CC[C@H]2[C@@H]3CC(=O)C4=C[C@@H](OC(=O)CC5=C(C)C(/C=C\c6ccc(S(C)=O)cc6)c6ccc(F)cc65)CC[C@]4(C)[C@H]3CC[C@]12C. The number of ether oxygens (including phenoxy) is 1. The molecule has 0 bridgehead atoms. The van der Waals surface area contributed by atoms with Crippen molar-refractivity contribution in [3.63, 3.8) is 0 Å². The Balaban J connectivity index is 1.07. The molecule has 2 fully saturated rings. The van der Waals surface area contributed by atoms with Crippen molar-refractivity contribution in [3.05, 3.63) is 99.9 Å². The van der Waals surface area contributed by atoms with Crippen molar-refractivity contribution in [2.75, 3.05) is 6.26 Å². The van der Waals surface area contributed by atoms with Gasteiger partial charge < -0.3 is 4.74 Å². The lowest BCUT2D eigenvalue weighted by molar-refractivity contribution is -0.148. The molecule has 2 unspecified atom stereocenters. The van der Waals surface area contributed by atoms with E-state index in [1.54, 1.807) is 19.2 Å². The van der Waals surface area contributed by atoms with Crippen LogP contribution in [0.1, 0.15) is 95.2 Å². The molecule has 0 amide bonds. The number of benzene rings is 2. The maximum atomic E-state index is 14.5. The highest BCUT2D eigenvalue weighted by molar-refractivity contribution is 7.84. The lowest BCUT2D eigenvalue weighted by Gasteiger charge is -2.57. The zero-order chi connectivity index (χ0) is 34.8. The summed E-state index contributed by atoms with van der Waals surface area (Å²) in [7, 11) is -1.05. The summed E-state index contributed by atoms with van der Waals surface area (Å²) in [5, 5.41) is 0. The maximum absolute atomic E-state index is 14.5. The zero-order valence-corrected chi connectivity index (χ0v) is 29.8. The molecule has 7 heteroatoms. The predicted octanol–water partition coefficient (Wildman–Crippen LogP) is 8.72. The summed E-state index contributed by atoms with van der Waals surface area (Å²) in [4.78, 5) is 40.6. The lowest BCUT2D eigenvalue weighted by atomic mass is 9.46. The molecule has 2 saturated carbocycles. The molecule has 0 heterocycles. The van der Waals surface area contributed by atoms with Gasteiger partial charge in [0.25, 0.3) is 0 Å². The monoisotopic (exact) mass is 680 g/mol. The van der Waals surface area contributed by atoms with Crippen molar-refractivity contribution in [2.24, 2.45) is 28.6 Å². The van der Waals surface area contributed by atoms with Gasteiger partial charge in [-0.25, -0.2) is 4.39 Å². The minimum absolute atomic E-state index is 0.0188. The van der Waals surface area contributed by atoms with Crippen molar-refractivity contribution in [1.29, 1.82) is 0 Å². The molecule has 0 aliphatic heterocycles. The van der Waals surface area contributed by atoms with Gasteiger partial charge in [-0.05, 0) is 133 Å². The molecule has 5 aliphatic carbocycles. The number of hydrogen-bond acceptors (Lipinski definition) is 5. The first-order valence-electron chi connectivity index (χ1n) is 17.6. The van der Waals surface area contributed by atoms with E-state index in [1.807, 2.05) is 43.3 Å². The van der Waals surface area contributed by atoms with Crippen molar-refractivity contribution < 1.29 is 27.7 Å². The van der Waals surface area contributed by atoms with Crippen LogP contribution in [0.4, 0.5) is 4.39 Å². The summed E-state index contributed by atoms with van der Waals surface area (Å²) in [6.07, 6.45) is 14.0. The van der Waals surface area contributed by atoms with E-state index in [9.17, 15) is 23.0 Å². The number of Topliss-reactive ketones (excluding diaryl/α,β-unsaturated/α-hetero) is 2. The van der Waals surface area contributed by atoms with E-state index in [-0.39, 0.29) is 52.4 Å². The third-order valence-corrected chi connectivity index (χ3v) is 13.7. The van der Waals surface area contributed by atoms with Gasteiger partial charge in [-0.2, -0.15) is 0 Å². The van der Waals surface area contributed by atoms with Crippen LogP contribution < -0.4 is 0 Å². The summed E-state index contributed by atoms with van der Waals surface area (Å²) in [5.74, 6) is 0.367. The predicted molar refractivity (Wildman–Crippen MR) is 190 cm³/mol. The minimum atomic E-state index is -1.05. The molecule has 0 saturated heterocycles. The number of hydrogen-bond donors (Lipinski definition) is 0. The Morgan fingerprint density at radius 2 is 1.78 bits per heavy atom. The van der Waals surface area contributed by atoms with E-state index in [1.165, 1.54) is 12.1 Å². The van der Waals surface area contributed by atoms with Crippen molar-refractivity contribution in [1.82, 2.24) is 0 Å². The number of esters is 1. The summed E-state index contributed by atoms with van der Waals surface area (Å²) in [6.45, 7) is 8.11. The number of ketones is 2. The molecule has 7 rings (SSSR count). The van der Waals surface area contributed by atoms with Gasteiger partial charge >= 0.3 is 5.97 Å². The Bertz CT molecular complexity index is 1900. The van der Waals surface area contributed by atoms with Gasteiger partial charge in [0.1, 0.15) is 11.9 Å². The van der Waals surface area contributed by atoms with E-state index in [0.29, 0.717) is 24.7 Å². The van der Waals surface area contributed by atoms with Crippen LogP contribution in [0.5, 0.6) is 0 Å². The zero-order valence-electron chi connectivity index (χ0n) is 29.0. The van der Waals surface area contributed by atoms with E-state index in [4.69, 9.17) is 4.74 Å². The van der Waals surface area contributed by atoms with E-state index in [0.717, 1.165) is 69.6 Å². The second kappa shape index (κ2) is 12.6. The van der Waals surface area contributed by atoms with Crippen molar-refractivity contribution >= 4 is 40.0 Å². The highest BCUT2D eigenvalue weighted by Crippen LogP contribution is 2.65. The minimum Gasteiger partial charge on any atom is -0.458 e. The van der Waals surface area contributed by atoms with Gasteiger partial charge in [0.2, 0.25) is 0 Å². The molecule has 256 valence electrons. The maximum Gasteiger partial charge on any atom is 0.310 e. The van der Waals surface area contributed by atoms with Crippen molar-refractivity contribution in [2.45, 2.75) is 89.6 Å². The number of rotatable bonds is 7. The van der Waals surface area contributed by atoms with Gasteiger partial charge in [-0.15, -0.1) is 0 Å². The number of carbonyl (C=O) groups is 3. The van der Waals surface area contributed by atoms with Crippen molar-refractivity contribution in [3.8, 4) is 0 Å². The van der Waals surface area contributed by atoms with Crippen LogP contribution in [0.25, 0.3) is 11.6 Å². The van der Waals surface area contributed by atoms with Crippen LogP contribution in [0.15, 0.2) is 82.3 Å². The van der Waals surface area contributed by atoms with Gasteiger partial charge in [-0.1, -0.05) is 55.8 Å². The first kappa shape index (κ1) is 33.8. The van der Waals surface area contributed by atoms with Crippen LogP contribution in [0.2, 0.25) is 0 Å². The smallest absolute Gasteiger partial charge is 0.310 e. The molecule has 0 N–H and O–H groups in total. The first-order chi connectivity index (χ1) is 23.3.